The molecule has 0 saturated carbocycles. The first-order chi connectivity index (χ1) is 6.97. The zero-order valence-corrected chi connectivity index (χ0v) is 13.1. The highest BCUT2D eigenvalue weighted by Gasteiger charge is 2.18. The van der Waals surface area contributed by atoms with Crippen molar-refractivity contribution in [3.8, 4) is 0 Å². The van der Waals surface area contributed by atoms with Crippen LogP contribution in [-0.4, -0.2) is 0 Å². The lowest BCUT2D eigenvalue weighted by Gasteiger charge is -2.19. The molecule has 0 heterocycles. The molecule has 1 aromatic rings. The molecule has 0 radical (unpaired) electrons. The lowest BCUT2D eigenvalue weighted by atomic mass is 9.97. The van der Waals surface area contributed by atoms with Crippen molar-refractivity contribution in [2.24, 2.45) is 5.92 Å². The third-order valence-corrected chi connectivity index (χ3v) is 4.92. The molecule has 84 valence electrons. The summed E-state index contributed by atoms with van der Waals surface area (Å²) in [6.07, 6.45) is 1.09. The van der Waals surface area contributed by atoms with Gasteiger partial charge in [-0.1, -0.05) is 52.1 Å². The fourth-order valence-electron chi connectivity index (χ4n) is 1.39. The molecule has 0 bridgehead atoms. The molecular formula is C12H15Br2Cl. The summed E-state index contributed by atoms with van der Waals surface area (Å²) in [5.41, 5.74) is 2.39. The molecule has 2 atom stereocenters. The van der Waals surface area contributed by atoms with Gasteiger partial charge in [0.05, 0.1) is 5.38 Å². The fourth-order valence-corrected chi connectivity index (χ4v) is 2.94. The molecule has 1 aromatic carbocycles. The number of halogens is 3. The molecule has 0 nitrogen and oxygen atoms in total. The van der Waals surface area contributed by atoms with Gasteiger partial charge in [0, 0.05) is 8.95 Å². The number of alkyl halides is 1. The second kappa shape index (κ2) is 5.70. The lowest BCUT2D eigenvalue weighted by Crippen LogP contribution is -2.03. The molecular weight excluding hydrogens is 339 g/mol. The van der Waals surface area contributed by atoms with E-state index in [0.717, 1.165) is 15.4 Å². The molecule has 0 saturated heterocycles. The molecule has 0 aromatic heterocycles. The molecule has 3 heteroatoms. The van der Waals surface area contributed by atoms with E-state index in [-0.39, 0.29) is 5.38 Å². The summed E-state index contributed by atoms with van der Waals surface area (Å²) in [5, 5.41) is 0.0706. The minimum absolute atomic E-state index is 0.0706. The summed E-state index contributed by atoms with van der Waals surface area (Å²) in [5.74, 6) is 0.484. The van der Waals surface area contributed by atoms with Gasteiger partial charge in [0.25, 0.3) is 0 Å². The average molecular weight is 355 g/mol. The maximum atomic E-state index is 6.44. The maximum absolute atomic E-state index is 6.44. The van der Waals surface area contributed by atoms with E-state index in [1.807, 2.05) is 0 Å². The number of hydrogen-bond donors (Lipinski definition) is 0. The van der Waals surface area contributed by atoms with Crippen LogP contribution in [0.2, 0.25) is 0 Å². The number of aryl methyl sites for hydroxylation is 1. The summed E-state index contributed by atoms with van der Waals surface area (Å²) < 4.78 is 2.22. The third-order valence-electron chi connectivity index (χ3n) is 2.72. The van der Waals surface area contributed by atoms with Gasteiger partial charge in [-0.3, -0.25) is 0 Å². The van der Waals surface area contributed by atoms with Gasteiger partial charge in [0.2, 0.25) is 0 Å². The van der Waals surface area contributed by atoms with E-state index in [0.29, 0.717) is 5.92 Å². The topological polar surface area (TPSA) is 0 Å². The van der Waals surface area contributed by atoms with Gasteiger partial charge >= 0.3 is 0 Å². The number of hydrogen-bond acceptors (Lipinski definition) is 0. The predicted octanol–water partition coefficient (Wildman–Crippen LogP) is 5.85. The van der Waals surface area contributed by atoms with Crippen molar-refractivity contribution in [2.45, 2.75) is 32.6 Å². The molecule has 0 spiro atoms. The van der Waals surface area contributed by atoms with Gasteiger partial charge in [-0.2, -0.15) is 0 Å². The molecule has 0 aliphatic rings. The molecule has 0 aliphatic heterocycles. The van der Waals surface area contributed by atoms with E-state index >= 15 is 0 Å². The van der Waals surface area contributed by atoms with Crippen LogP contribution in [0.25, 0.3) is 0 Å². The van der Waals surface area contributed by atoms with E-state index < -0.39 is 0 Å². The first kappa shape index (κ1) is 13.5. The lowest BCUT2D eigenvalue weighted by molar-refractivity contribution is 0.541. The van der Waals surface area contributed by atoms with Crippen molar-refractivity contribution in [1.82, 2.24) is 0 Å². The summed E-state index contributed by atoms with van der Waals surface area (Å²) in [7, 11) is 0. The van der Waals surface area contributed by atoms with E-state index in [1.54, 1.807) is 0 Å². The van der Waals surface area contributed by atoms with Gasteiger partial charge in [-0.05, 0) is 36.1 Å². The second-order valence-corrected chi connectivity index (χ2v) is 6.09. The summed E-state index contributed by atoms with van der Waals surface area (Å²) >= 11 is 13.5. The highest BCUT2D eigenvalue weighted by atomic mass is 79.9. The predicted molar refractivity (Wildman–Crippen MR) is 74.6 cm³/mol. The van der Waals surface area contributed by atoms with E-state index in [1.165, 1.54) is 11.1 Å². The maximum Gasteiger partial charge on any atom is 0.0622 e. The Hall–Kier alpha value is 0.470. The average Bonchev–Trinajstić information content (AvgIpc) is 2.21. The summed E-state index contributed by atoms with van der Waals surface area (Å²) in [6.45, 7) is 6.42. The fraction of sp³-hybridized carbons (Fsp3) is 0.500. The zero-order valence-electron chi connectivity index (χ0n) is 9.15. The Bertz CT molecular complexity index is 350. The van der Waals surface area contributed by atoms with Crippen LogP contribution in [0.3, 0.4) is 0 Å². The van der Waals surface area contributed by atoms with Gasteiger partial charge < -0.3 is 0 Å². The Morgan fingerprint density at radius 1 is 1.27 bits per heavy atom. The molecule has 15 heavy (non-hydrogen) atoms. The Morgan fingerprint density at radius 3 is 2.40 bits per heavy atom. The van der Waals surface area contributed by atoms with Crippen LogP contribution in [0.4, 0.5) is 0 Å². The van der Waals surface area contributed by atoms with Crippen molar-refractivity contribution in [1.29, 1.82) is 0 Å². The molecule has 0 N–H and O–H groups in total. The third kappa shape index (κ3) is 3.21. The highest BCUT2D eigenvalue weighted by Crippen LogP contribution is 2.37. The zero-order chi connectivity index (χ0) is 11.6. The van der Waals surface area contributed by atoms with Crippen molar-refractivity contribution in [3.05, 3.63) is 32.2 Å². The minimum atomic E-state index is 0.0706. The Labute approximate surface area is 114 Å². The van der Waals surface area contributed by atoms with Crippen LogP contribution in [0.1, 0.15) is 36.8 Å². The van der Waals surface area contributed by atoms with Crippen molar-refractivity contribution < 1.29 is 0 Å². The Balaban J connectivity index is 3.09. The summed E-state index contributed by atoms with van der Waals surface area (Å²) in [6, 6.07) is 4.22. The molecule has 0 aliphatic carbocycles. The monoisotopic (exact) mass is 352 g/mol. The van der Waals surface area contributed by atoms with Crippen LogP contribution >= 0.6 is 43.5 Å². The van der Waals surface area contributed by atoms with Crippen LogP contribution in [-0.2, 0) is 0 Å². The SMILES string of the molecule is CCC(C)C(Cl)c1cc(Br)c(C)cc1Br. The van der Waals surface area contributed by atoms with Crippen LogP contribution in [0, 0.1) is 12.8 Å². The van der Waals surface area contributed by atoms with Crippen molar-refractivity contribution in [3.63, 3.8) is 0 Å². The molecule has 0 amide bonds. The number of rotatable bonds is 3. The normalized spacial score (nSPS) is 15.1. The minimum Gasteiger partial charge on any atom is -0.117 e. The molecule has 0 fully saturated rings. The first-order valence-electron chi connectivity index (χ1n) is 5.07. The van der Waals surface area contributed by atoms with Gasteiger partial charge in [0.15, 0.2) is 0 Å². The quantitative estimate of drug-likeness (QED) is 0.598. The molecule has 1 rings (SSSR count). The highest BCUT2D eigenvalue weighted by molar-refractivity contribution is 9.11. The largest absolute Gasteiger partial charge is 0.117 e. The van der Waals surface area contributed by atoms with Crippen molar-refractivity contribution >= 4 is 43.5 Å². The van der Waals surface area contributed by atoms with E-state index in [2.05, 4.69) is 64.8 Å². The first-order valence-corrected chi connectivity index (χ1v) is 7.09. The standard InChI is InChI=1S/C12H15Br2Cl/c1-4-7(2)12(15)9-6-10(13)8(3)5-11(9)14/h5-7,12H,4H2,1-3H3. The van der Waals surface area contributed by atoms with E-state index in [4.69, 9.17) is 11.6 Å². The van der Waals surface area contributed by atoms with Crippen molar-refractivity contribution in [2.75, 3.05) is 0 Å². The Morgan fingerprint density at radius 2 is 1.87 bits per heavy atom. The number of benzene rings is 1. The van der Waals surface area contributed by atoms with Gasteiger partial charge in [-0.25, -0.2) is 0 Å². The van der Waals surface area contributed by atoms with Crippen LogP contribution < -0.4 is 0 Å². The smallest absolute Gasteiger partial charge is 0.0622 e. The van der Waals surface area contributed by atoms with E-state index in [9.17, 15) is 0 Å². The summed E-state index contributed by atoms with van der Waals surface area (Å²) in [4.78, 5) is 0. The molecule has 2 unspecified atom stereocenters. The Kier molecular flexibility index (Phi) is 5.14. The van der Waals surface area contributed by atoms with Gasteiger partial charge in [-0.15, -0.1) is 11.6 Å². The van der Waals surface area contributed by atoms with Crippen LogP contribution in [0.15, 0.2) is 21.1 Å². The van der Waals surface area contributed by atoms with Gasteiger partial charge in [0.1, 0.15) is 0 Å². The second-order valence-electron chi connectivity index (χ2n) is 3.91. The van der Waals surface area contributed by atoms with Crippen LogP contribution in [0.5, 0.6) is 0 Å².